The highest BCUT2D eigenvalue weighted by atomic mass is 19.1. The summed E-state index contributed by atoms with van der Waals surface area (Å²) in [6.45, 7) is 1.74. The van der Waals surface area contributed by atoms with E-state index in [1.807, 2.05) is 43.3 Å². The van der Waals surface area contributed by atoms with E-state index in [0.29, 0.717) is 33.9 Å². The zero-order chi connectivity index (χ0) is 24.7. The second kappa shape index (κ2) is 8.69. The molecule has 5 N–H and O–H groups in total. The second-order valence-corrected chi connectivity index (χ2v) is 8.21. The Hall–Kier alpha value is -4.51. The highest BCUT2D eigenvalue weighted by Crippen LogP contribution is 2.35. The van der Waals surface area contributed by atoms with E-state index in [9.17, 15) is 14.7 Å². The first kappa shape index (κ1) is 22.3. The van der Waals surface area contributed by atoms with Crippen molar-refractivity contribution in [2.45, 2.75) is 20.1 Å². The maximum Gasteiger partial charge on any atom is 0.318 e. The number of benzene rings is 1. The van der Waals surface area contributed by atoms with Gasteiger partial charge in [-0.1, -0.05) is 30.3 Å². The van der Waals surface area contributed by atoms with Crippen molar-refractivity contribution in [1.29, 1.82) is 0 Å². The summed E-state index contributed by atoms with van der Waals surface area (Å²) < 4.78 is 13.6. The fourth-order valence-electron chi connectivity index (χ4n) is 4.20. The van der Waals surface area contributed by atoms with E-state index < -0.39 is 5.82 Å². The van der Waals surface area contributed by atoms with Crippen molar-refractivity contribution in [1.82, 2.24) is 19.9 Å². The normalized spacial score (nSPS) is 15.6. The first-order valence-electron chi connectivity index (χ1n) is 10.9. The average molecular weight is 475 g/mol. The number of fused-ring (bicyclic) bond motifs is 1. The predicted octanol–water partition coefficient (Wildman–Crippen LogP) is 1.79. The minimum absolute atomic E-state index is 0.0759. The van der Waals surface area contributed by atoms with Crippen LogP contribution in [0.1, 0.15) is 28.2 Å². The summed E-state index contributed by atoms with van der Waals surface area (Å²) in [5.41, 5.74) is 16.0. The van der Waals surface area contributed by atoms with E-state index in [1.165, 1.54) is 17.1 Å². The standard InChI is InChI=1S/C24H23FN8O2/c1-14-9-16(10-18(12-34)28-14)20-21(15-5-3-2-4-6-15)30-24(27)32-13-31(33(35)23(20)32)11-17-7-8-19(25)22(26)29-17/h2-10,34H,11-13H2,1H3,(H2,26,29)(H2,27,30). The van der Waals surface area contributed by atoms with Crippen LogP contribution in [0.15, 0.2) is 59.6 Å². The number of anilines is 1. The number of hydrazone groups is 1. The molecule has 5 rings (SSSR count). The highest BCUT2D eigenvalue weighted by Gasteiger charge is 2.44. The molecule has 0 atom stereocenters. The molecule has 0 amide bonds. The molecule has 0 fully saturated rings. The van der Waals surface area contributed by atoms with Crippen molar-refractivity contribution >= 4 is 28.9 Å². The Bertz CT molecular complexity index is 1400. The number of aliphatic hydroxyl groups is 1. The van der Waals surface area contributed by atoms with E-state index in [4.69, 9.17) is 11.5 Å². The van der Waals surface area contributed by atoms with Gasteiger partial charge in [-0.3, -0.25) is 4.98 Å². The molecule has 0 aliphatic carbocycles. The Morgan fingerprint density at radius 1 is 1.06 bits per heavy atom. The second-order valence-electron chi connectivity index (χ2n) is 8.21. The molecular formula is C24H23FN8O2. The van der Waals surface area contributed by atoms with Crippen LogP contribution in [0.25, 0.3) is 11.3 Å². The van der Waals surface area contributed by atoms with Gasteiger partial charge < -0.3 is 21.8 Å². The number of hydrogen-bond acceptors (Lipinski definition) is 9. The number of aliphatic hydroxyl groups excluding tert-OH is 1. The molecule has 10 nitrogen and oxygen atoms in total. The number of guanidine groups is 1. The Labute approximate surface area is 200 Å². The zero-order valence-corrected chi connectivity index (χ0v) is 18.9. The lowest BCUT2D eigenvalue weighted by Gasteiger charge is -2.22. The van der Waals surface area contributed by atoms with Gasteiger partial charge in [0.25, 0.3) is 5.96 Å². The third kappa shape index (κ3) is 4.02. The number of hydrazine groups is 1. The molecule has 3 aromatic rings. The topological polar surface area (TPSA) is 143 Å². The molecule has 0 bridgehead atoms. The van der Waals surface area contributed by atoms with E-state index in [1.54, 1.807) is 11.0 Å². The maximum absolute atomic E-state index is 13.7. The molecule has 35 heavy (non-hydrogen) atoms. The summed E-state index contributed by atoms with van der Waals surface area (Å²) in [7, 11) is 0. The van der Waals surface area contributed by atoms with Gasteiger partial charge in [0.2, 0.25) is 0 Å². The smallest absolute Gasteiger partial charge is 0.318 e. The third-order valence-electron chi connectivity index (χ3n) is 5.74. The zero-order valence-electron chi connectivity index (χ0n) is 18.9. The lowest BCUT2D eigenvalue weighted by Crippen LogP contribution is -2.44. The third-order valence-corrected chi connectivity index (χ3v) is 5.74. The molecule has 2 aliphatic heterocycles. The molecule has 2 aromatic heterocycles. The number of pyridine rings is 2. The van der Waals surface area contributed by atoms with Gasteiger partial charge in [0, 0.05) is 11.3 Å². The van der Waals surface area contributed by atoms with Crippen molar-refractivity contribution in [3.05, 3.63) is 93.8 Å². The lowest BCUT2D eigenvalue weighted by atomic mass is 9.96. The molecule has 4 heterocycles. The minimum Gasteiger partial charge on any atom is -0.692 e. The first-order valence-corrected chi connectivity index (χ1v) is 10.9. The molecule has 2 aliphatic rings. The average Bonchev–Trinajstić information content (AvgIpc) is 3.18. The van der Waals surface area contributed by atoms with Crippen LogP contribution in [0.2, 0.25) is 0 Å². The van der Waals surface area contributed by atoms with Crippen LogP contribution in [0.4, 0.5) is 10.2 Å². The lowest BCUT2D eigenvalue weighted by molar-refractivity contribution is -0.630. The molecule has 11 heteroatoms. The number of rotatable bonds is 5. The van der Waals surface area contributed by atoms with Crippen molar-refractivity contribution in [2.24, 2.45) is 10.7 Å². The number of nitrogens with two attached hydrogens (primary N) is 2. The Kier molecular flexibility index (Phi) is 5.53. The van der Waals surface area contributed by atoms with Crippen molar-refractivity contribution in [3.63, 3.8) is 0 Å². The quantitative estimate of drug-likeness (QED) is 0.375. The number of nitrogens with zero attached hydrogens (tertiary/aromatic N) is 6. The van der Waals surface area contributed by atoms with Gasteiger partial charge in [-0.25, -0.2) is 9.37 Å². The molecule has 0 unspecified atom stereocenters. The van der Waals surface area contributed by atoms with Gasteiger partial charge in [0.05, 0.1) is 23.7 Å². The number of aryl methyl sites for hydroxylation is 1. The van der Waals surface area contributed by atoms with E-state index in [0.717, 1.165) is 10.4 Å². The van der Waals surface area contributed by atoms with Crippen LogP contribution in [-0.4, -0.2) is 48.3 Å². The number of halogens is 1. The number of amidine groups is 1. The van der Waals surface area contributed by atoms with Gasteiger partial charge in [-0.15, -0.1) is 0 Å². The van der Waals surface area contributed by atoms with E-state index in [2.05, 4.69) is 15.0 Å². The van der Waals surface area contributed by atoms with Crippen LogP contribution in [-0.2, 0) is 13.2 Å². The fraction of sp³-hybridized carbons (Fsp3) is 0.167. The fourth-order valence-corrected chi connectivity index (χ4v) is 4.20. The Morgan fingerprint density at radius 3 is 2.54 bits per heavy atom. The minimum atomic E-state index is -0.622. The molecule has 178 valence electrons. The van der Waals surface area contributed by atoms with Gasteiger partial charge >= 0.3 is 5.84 Å². The summed E-state index contributed by atoms with van der Waals surface area (Å²) in [4.78, 5) is 15.4. The largest absolute Gasteiger partial charge is 0.692 e. The van der Waals surface area contributed by atoms with Crippen molar-refractivity contribution in [3.8, 4) is 0 Å². The Morgan fingerprint density at radius 2 is 1.83 bits per heavy atom. The van der Waals surface area contributed by atoms with Gasteiger partial charge in [-0.05, 0) is 36.8 Å². The van der Waals surface area contributed by atoms with Crippen LogP contribution >= 0.6 is 0 Å². The van der Waals surface area contributed by atoms with Crippen LogP contribution in [0.5, 0.6) is 0 Å². The van der Waals surface area contributed by atoms with E-state index >= 15 is 0 Å². The molecule has 0 spiro atoms. The molecule has 0 saturated heterocycles. The van der Waals surface area contributed by atoms with Gasteiger partial charge in [0.1, 0.15) is 12.1 Å². The number of aliphatic imine (C=N–C) groups is 1. The van der Waals surface area contributed by atoms with Crippen molar-refractivity contribution < 1.29 is 14.3 Å². The monoisotopic (exact) mass is 474 g/mol. The van der Waals surface area contributed by atoms with Crippen LogP contribution in [0, 0.1) is 17.9 Å². The summed E-state index contributed by atoms with van der Waals surface area (Å²) in [6, 6.07) is 15.7. The van der Waals surface area contributed by atoms with Crippen LogP contribution in [0.3, 0.4) is 0 Å². The Balaban J connectivity index is 1.68. The first-order chi connectivity index (χ1) is 16.9. The van der Waals surface area contributed by atoms with E-state index in [-0.39, 0.29) is 37.4 Å². The number of hydrogen-bond donors (Lipinski definition) is 3. The molecule has 0 saturated carbocycles. The predicted molar refractivity (Wildman–Crippen MR) is 129 cm³/mol. The SMILES string of the molecule is Cc1cc(C2=C(c3ccccc3)N=C(N)N3CN(Cc4ccc(F)c(N)n4)[N+]([O-])=C23)cc(CO)n1. The van der Waals surface area contributed by atoms with Crippen molar-refractivity contribution in [2.75, 3.05) is 12.4 Å². The van der Waals surface area contributed by atoms with Crippen LogP contribution < -0.4 is 11.5 Å². The number of aromatic nitrogens is 2. The van der Waals surface area contributed by atoms with Gasteiger partial charge in [-0.2, -0.15) is 19.7 Å². The molecular weight excluding hydrogens is 451 g/mol. The summed E-state index contributed by atoms with van der Waals surface area (Å²) in [5.74, 6) is -0.421. The summed E-state index contributed by atoms with van der Waals surface area (Å²) in [6.07, 6.45) is 0. The summed E-state index contributed by atoms with van der Waals surface area (Å²) in [5, 5.41) is 24.9. The maximum atomic E-state index is 13.7. The highest BCUT2D eigenvalue weighted by molar-refractivity contribution is 6.33. The van der Waals surface area contributed by atoms with Gasteiger partial charge in [0.15, 0.2) is 18.3 Å². The molecule has 0 radical (unpaired) electrons. The summed E-state index contributed by atoms with van der Waals surface area (Å²) >= 11 is 0. The molecule has 1 aromatic carbocycles. The number of nitrogen functional groups attached to an aromatic ring is 1.